The molecule has 0 aliphatic carbocycles. The highest BCUT2D eigenvalue weighted by atomic mass is 16.1. The van der Waals surface area contributed by atoms with Crippen molar-refractivity contribution in [2.24, 2.45) is 5.73 Å². The minimum absolute atomic E-state index is 0.00954. The number of rotatable bonds is 8. The molecule has 1 aliphatic heterocycles. The molecule has 0 radical (unpaired) electrons. The number of hydrogen-bond acceptors (Lipinski definition) is 3. The quantitative estimate of drug-likeness (QED) is 0.278. The van der Waals surface area contributed by atoms with Gasteiger partial charge in [0.25, 0.3) is 5.56 Å². The Bertz CT molecular complexity index is 1170. The molecule has 2 atom stereocenters. The standard InChI is InChI=1S/C28H36N4O/c1-20-10-8-11-21(2)31(20)16-6-3-7-17-32-26-15-5-4-12-23(26)19-25(28(32)33)22-13-9-14-24(18-22)27(29)30/h4-5,9,12-15,18-21H,3,6-8,10-11,16-17H2,1-2H3,(H3,29,30)/t20-,21+. The van der Waals surface area contributed by atoms with E-state index in [1.165, 1.54) is 25.7 Å². The first-order chi connectivity index (χ1) is 16.0. The van der Waals surface area contributed by atoms with E-state index in [0.717, 1.165) is 35.9 Å². The Labute approximate surface area is 196 Å². The fraction of sp³-hybridized carbons (Fsp3) is 0.429. The van der Waals surface area contributed by atoms with E-state index in [4.69, 9.17) is 11.1 Å². The van der Waals surface area contributed by atoms with Gasteiger partial charge in [-0.05, 0) is 75.2 Å². The summed E-state index contributed by atoms with van der Waals surface area (Å²) in [7, 11) is 0. The van der Waals surface area contributed by atoms with Gasteiger partial charge < -0.3 is 10.3 Å². The average molecular weight is 445 g/mol. The molecule has 2 heterocycles. The lowest BCUT2D eigenvalue weighted by Gasteiger charge is -2.39. The zero-order chi connectivity index (χ0) is 23.4. The molecule has 0 bridgehead atoms. The molecule has 1 fully saturated rings. The summed E-state index contributed by atoms with van der Waals surface area (Å²) < 4.78 is 1.93. The number of nitrogen functional groups attached to an aromatic ring is 1. The largest absolute Gasteiger partial charge is 0.384 e. The van der Waals surface area contributed by atoms with Gasteiger partial charge in [0.2, 0.25) is 0 Å². The monoisotopic (exact) mass is 444 g/mol. The van der Waals surface area contributed by atoms with Crippen molar-refractivity contribution in [3.05, 3.63) is 70.5 Å². The number of unbranched alkanes of at least 4 members (excludes halogenated alkanes) is 2. The van der Waals surface area contributed by atoms with Crippen LogP contribution in [0.5, 0.6) is 0 Å². The van der Waals surface area contributed by atoms with E-state index in [2.05, 4.69) is 24.8 Å². The molecule has 3 N–H and O–H groups in total. The second kappa shape index (κ2) is 10.3. The number of fused-ring (bicyclic) bond motifs is 1. The van der Waals surface area contributed by atoms with Crippen LogP contribution in [0.3, 0.4) is 0 Å². The van der Waals surface area contributed by atoms with E-state index >= 15 is 0 Å². The minimum Gasteiger partial charge on any atom is -0.384 e. The first-order valence-corrected chi connectivity index (χ1v) is 12.3. The molecule has 5 nitrogen and oxygen atoms in total. The summed E-state index contributed by atoms with van der Waals surface area (Å²) in [5.74, 6) is 0.00954. The summed E-state index contributed by atoms with van der Waals surface area (Å²) in [6.45, 7) is 6.57. The Morgan fingerprint density at radius 1 is 0.970 bits per heavy atom. The maximum Gasteiger partial charge on any atom is 0.258 e. The van der Waals surface area contributed by atoms with E-state index < -0.39 is 0 Å². The lowest BCUT2D eigenvalue weighted by molar-refractivity contribution is 0.101. The van der Waals surface area contributed by atoms with Gasteiger partial charge in [0.05, 0.1) is 5.52 Å². The maximum absolute atomic E-state index is 13.5. The molecule has 5 heteroatoms. The van der Waals surface area contributed by atoms with Crippen LogP contribution in [0.2, 0.25) is 0 Å². The lowest BCUT2D eigenvalue weighted by Crippen LogP contribution is -2.44. The summed E-state index contributed by atoms with van der Waals surface area (Å²) in [6.07, 6.45) is 7.23. The van der Waals surface area contributed by atoms with Crippen LogP contribution in [-0.4, -0.2) is 33.9 Å². The molecule has 2 aromatic carbocycles. The molecule has 0 saturated carbocycles. The van der Waals surface area contributed by atoms with Gasteiger partial charge in [0.15, 0.2) is 0 Å². The smallest absolute Gasteiger partial charge is 0.258 e. The number of piperidine rings is 1. The van der Waals surface area contributed by atoms with Crippen molar-refractivity contribution < 1.29 is 0 Å². The van der Waals surface area contributed by atoms with Crippen molar-refractivity contribution >= 4 is 16.7 Å². The summed E-state index contributed by atoms with van der Waals surface area (Å²) in [4.78, 5) is 16.2. The number of nitrogens with one attached hydrogen (secondary N) is 1. The van der Waals surface area contributed by atoms with Crippen molar-refractivity contribution in [1.82, 2.24) is 9.47 Å². The fourth-order valence-electron chi connectivity index (χ4n) is 5.27. The number of nitrogens with two attached hydrogens (primary N) is 1. The number of para-hydroxylation sites is 1. The number of pyridine rings is 1. The number of aromatic nitrogens is 1. The zero-order valence-corrected chi connectivity index (χ0v) is 19.9. The number of hydrogen-bond donors (Lipinski definition) is 2. The summed E-state index contributed by atoms with van der Waals surface area (Å²) in [5, 5.41) is 8.79. The van der Waals surface area contributed by atoms with Crippen LogP contribution >= 0.6 is 0 Å². The highest BCUT2D eigenvalue weighted by molar-refractivity contribution is 5.96. The van der Waals surface area contributed by atoms with E-state index in [9.17, 15) is 4.79 Å². The van der Waals surface area contributed by atoms with Crippen molar-refractivity contribution in [2.75, 3.05) is 6.54 Å². The molecule has 174 valence electrons. The SMILES string of the molecule is C[C@@H]1CCC[C@H](C)N1CCCCCn1c(=O)c(-c2cccc(C(=N)N)c2)cc2ccccc21. The molecule has 33 heavy (non-hydrogen) atoms. The second-order valence-electron chi connectivity index (χ2n) is 9.50. The molecule has 0 unspecified atom stereocenters. The Morgan fingerprint density at radius 2 is 1.70 bits per heavy atom. The van der Waals surface area contributed by atoms with Gasteiger partial charge in [-0.15, -0.1) is 0 Å². The van der Waals surface area contributed by atoms with Crippen LogP contribution < -0.4 is 11.3 Å². The predicted molar refractivity (Wildman–Crippen MR) is 138 cm³/mol. The topological polar surface area (TPSA) is 75.1 Å². The predicted octanol–water partition coefficient (Wildman–Crippen LogP) is 5.39. The van der Waals surface area contributed by atoms with Gasteiger partial charge >= 0.3 is 0 Å². The number of benzene rings is 2. The number of likely N-dealkylation sites (tertiary alicyclic amines) is 1. The van der Waals surface area contributed by atoms with Crippen molar-refractivity contribution in [3.8, 4) is 11.1 Å². The third-order valence-corrected chi connectivity index (χ3v) is 7.16. The summed E-state index contributed by atoms with van der Waals surface area (Å²) >= 11 is 0. The van der Waals surface area contributed by atoms with E-state index in [0.29, 0.717) is 29.8 Å². The van der Waals surface area contributed by atoms with Crippen LogP contribution in [0.1, 0.15) is 57.9 Å². The molecule has 3 aromatic rings. The number of aryl methyl sites for hydroxylation is 1. The van der Waals surface area contributed by atoms with Crippen molar-refractivity contribution in [2.45, 2.75) is 71.0 Å². The third kappa shape index (κ3) is 5.19. The van der Waals surface area contributed by atoms with Crippen LogP contribution in [0.15, 0.2) is 59.4 Å². The zero-order valence-electron chi connectivity index (χ0n) is 19.9. The molecule has 4 rings (SSSR count). The Kier molecular flexibility index (Phi) is 7.29. The highest BCUT2D eigenvalue weighted by Gasteiger charge is 2.23. The normalized spacial score (nSPS) is 19.1. The fourth-order valence-corrected chi connectivity index (χ4v) is 5.27. The molecular weight excluding hydrogens is 408 g/mol. The molecular formula is C28H36N4O. The average Bonchev–Trinajstić information content (AvgIpc) is 2.81. The molecule has 1 saturated heterocycles. The molecule has 0 amide bonds. The summed E-state index contributed by atoms with van der Waals surface area (Å²) in [6, 6.07) is 18.8. The van der Waals surface area contributed by atoms with Crippen molar-refractivity contribution in [3.63, 3.8) is 0 Å². The van der Waals surface area contributed by atoms with Crippen LogP contribution in [0.4, 0.5) is 0 Å². The first-order valence-electron chi connectivity index (χ1n) is 12.3. The molecule has 0 spiro atoms. The molecule has 1 aromatic heterocycles. The molecule has 1 aliphatic rings. The minimum atomic E-state index is 0.00954. The van der Waals surface area contributed by atoms with Gasteiger partial charge in [-0.25, -0.2) is 0 Å². The highest BCUT2D eigenvalue weighted by Crippen LogP contribution is 2.24. The van der Waals surface area contributed by atoms with E-state index in [-0.39, 0.29) is 11.4 Å². The number of nitrogens with zero attached hydrogens (tertiary/aromatic N) is 2. The van der Waals surface area contributed by atoms with Crippen LogP contribution in [0, 0.1) is 5.41 Å². The van der Waals surface area contributed by atoms with Gasteiger partial charge in [0, 0.05) is 29.8 Å². The Balaban J connectivity index is 1.52. The third-order valence-electron chi connectivity index (χ3n) is 7.16. The van der Waals surface area contributed by atoms with Crippen molar-refractivity contribution in [1.29, 1.82) is 5.41 Å². The van der Waals surface area contributed by atoms with Gasteiger partial charge in [0.1, 0.15) is 5.84 Å². The van der Waals surface area contributed by atoms with Gasteiger partial charge in [-0.1, -0.05) is 49.2 Å². The lowest BCUT2D eigenvalue weighted by atomic mass is 9.97. The number of amidine groups is 1. The van der Waals surface area contributed by atoms with Crippen LogP contribution in [-0.2, 0) is 6.54 Å². The summed E-state index contributed by atoms with van der Waals surface area (Å²) in [5.41, 5.74) is 8.78. The van der Waals surface area contributed by atoms with E-state index in [1.807, 2.05) is 47.0 Å². The van der Waals surface area contributed by atoms with Gasteiger partial charge in [-0.3, -0.25) is 15.1 Å². The van der Waals surface area contributed by atoms with Gasteiger partial charge in [-0.2, -0.15) is 0 Å². The first kappa shape index (κ1) is 23.2. The van der Waals surface area contributed by atoms with Crippen LogP contribution in [0.25, 0.3) is 22.0 Å². The second-order valence-corrected chi connectivity index (χ2v) is 9.50. The Hall–Kier alpha value is -2.92. The van der Waals surface area contributed by atoms with E-state index in [1.54, 1.807) is 6.07 Å². The maximum atomic E-state index is 13.5. The Morgan fingerprint density at radius 3 is 2.45 bits per heavy atom.